The van der Waals surface area contributed by atoms with Crippen molar-refractivity contribution in [3.8, 4) is 0 Å². The normalized spacial score (nSPS) is 11.6. The molecule has 1 N–H and O–H groups in total. The minimum absolute atomic E-state index is 0. The Labute approximate surface area is 102 Å². The zero-order valence-electron chi connectivity index (χ0n) is 9.00. The summed E-state index contributed by atoms with van der Waals surface area (Å²) in [5.41, 5.74) is 0. The summed E-state index contributed by atoms with van der Waals surface area (Å²) in [6, 6.07) is 0. The molecule has 17 heavy (non-hydrogen) atoms. The third kappa shape index (κ3) is 14.8. The number of carbonyl (C=O) groups excluding carboxylic acids is 1. The van der Waals surface area contributed by atoms with Gasteiger partial charge in [-0.15, -0.1) is 0 Å². The minimum Gasteiger partial charge on any atom is -0.479 e. The van der Waals surface area contributed by atoms with E-state index in [1.165, 1.54) is 14.0 Å². The zero-order chi connectivity index (χ0) is 12.4. The topological polar surface area (TPSA) is 63.6 Å². The lowest BCUT2D eigenvalue weighted by Gasteiger charge is -1.99. The Bertz CT molecular complexity index is 198. The molecule has 2 atom stereocenters. The molecule has 0 aliphatic heterocycles. The molecule has 0 aliphatic rings. The number of hydrogen-bond donors (Lipinski definition) is 1. The number of ether oxygens (including phenoxy) is 1. The van der Waals surface area contributed by atoms with Gasteiger partial charge in [-0.1, -0.05) is 28.7 Å². The SMILES string of the molecule is C.C.CCC(F)C(=O)O.CCC(F)C(=O)OC. The third-order valence-electron chi connectivity index (χ3n) is 1.44. The summed E-state index contributed by atoms with van der Waals surface area (Å²) < 4.78 is 27.8. The molecule has 4 nitrogen and oxygen atoms in total. The summed E-state index contributed by atoms with van der Waals surface area (Å²) in [5, 5.41) is 7.81. The summed E-state index contributed by atoms with van der Waals surface area (Å²) in [6.07, 6.45) is -2.89. The number of carboxylic acid groups (broad SMARTS) is 1. The van der Waals surface area contributed by atoms with E-state index in [1.807, 2.05) is 0 Å². The first-order valence-electron chi connectivity index (χ1n) is 4.49. The minimum atomic E-state index is -1.68. The number of aliphatic carboxylic acids is 1. The van der Waals surface area contributed by atoms with Crippen molar-refractivity contribution in [2.24, 2.45) is 0 Å². The second-order valence-corrected chi connectivity index (χ2v) is 2.61. The second-order valence-electron chi connectivity index (χ2n) is 2.61. The molecule has 0 aromatic rings. The Morgan fingerprint density at radius 1 is 1.12 bits per heavy atom. The summed E-state index contributed by atoms with van der Waals surface area (Å²) >= 11 is 0. The van der Waals surface area contributed by atoms with Crippen molar-refractivity contribution in [2.75, 3.05) is 7.11 Å². The molecular weight excluding hydrogens is 234 g/mol. The summed E-state index contributed by atoms with van der Waals surface area (Å²) in [4.78, 5) is 19.7. The molecular formula is C11H24F2O4. The molecule has 0 spiro atoms. The second kappa shape index (κ2) is 14.8. The molecule has 0 aliphatic carbocycles. The number of hydrogen-bond acceptors (Lipinski definition) is 3. The van der Waals surface area contributed by atoms with Crippen LogP contribution in [0.4, 0.5) is 8.78 Å². The molecule has 0 bridgehead atoms. The van der Waals surface area contributed by atoms with Crippen molar-refractivity contribution in [1.29, 1.82) is 0 Å². The predicted molar refractivity (Wildman–Crippen MR) is 63.5 cm³/mol. The first-order valence-corrected chi connectivity index (χ1v) is 4.49. The van der Waals surface area contributed by atoms with Crippen LogP contribution in [-0.2, 0) is 14.3 Å². The van der Waals surface area contributed by atoms with Gasteiger partial charge in [-0.2, -0.15) is 0 Å². The van der Waals surface area contributed by atoms with Gasteiger partial charge < -0.3 is 9.84 Å². The molecule has 0 saturated carbocycles. The van der Waals surface area contributed by atoms with Crippen molar-refractivity contribution in [3.05, 3.63) is 0 Å². The van der Waals surface area contributed by atoms with Gasteiger partial charge in [-0.05, 0) is 12.8 Å². The van der Waals surface area contributed by atoms with Crippen LogP contribution in [0.15, 0.2) is 0 Å². The smallest absolute Gasteiger partial charge is 0.340 e. The van der Waals surface area contributed by atoms with Crippen LogP contribution < -0.4 is 0 Å². The Hall–Kier alpha value is -1.20. The Morgan fingerprint density at radius 2 is 1.47 bits per heavy atom. The molecule has 0 heterocycles. The zero-order valence-corrected chi connectivity index (χ0v) is 9.00. The van der Waals surface area contributed by atoms with Crippen molar-refractivity contribution >= 4 is 11.9 Å². The molecule has 2 unspecified atom stereocenters. The predicted octanol–water partition coefficient (Wildman–Crippen LogP) is 3.00. The number of alkyl halides is 2. The van der Waals surface area contributed by atoms with Crippen molar-refractivity contribution < 1.29 is 28.2 Å². The average Bonchev–Trinajstić information content (AvgIpc) is 2.26. The van der Waals surface area contributed by atoms with Gasteiger partial charge in [0, 0.05) is 0 Å². The number of rotatable bonds is 4. The van der Waals surface area contributed by atoms with Crippen LogP contribution >= 0.6 is 0 Å². The van der Waals surface area contributed by atoms with E-state index in [0.717, 1.165) is 0 Å². The number of esters is 1. The molecule has 0 saturated heterocycles. The van der Waals surface area contributed by atoms with Gasteiger partial charge >= 0.3 is 11.9 Å². The largest absolute Gasteiger partial charge is 0.479 e. The number of methoxy groups -OCH3 is 1. The van der Waals surface area contributed by atoms with E-state index >= 15 is 0 Å². The number of carbonyl (C=O) groups is 2. The van der Waals surface area contributed by atoms with Gasteiger partial charge in [0.1, 0.15) is 0 Å². The monoisotopic (exact) mass is 258 g/mol. The van der Waals surface area contributed by atoms with Crippen LogP contribution in [0.2, 0.25) is 0 Å². The van der Waals surface area contributed by atoms with E-state index in [-0.39, 0.29) is 27.7 Å². The standard InChI is InChI=1S/C5H9FO2.C4H7FO2.2CH4/c1-3-4(6)5(7)8-2;1-2-3(5)4(6)7;;/h4H,3H2,1-2H3;3H,2H2,1H3,(H,6,7);2*1H4. The van der Waals surface area contributed by atoms with E-state index in [2.05, 4.69) is 4.74 Å². The molecule has 106 valence electrons. The van der Waals surface area contributed by atoms with E-state index in [4.69, 9.17) is 5.11 Å². The summed E-state index contributed by atoms with van der Waals surface area (Å²) in [7, 11) is 1.17. The van der Waals surface area contributed by atoms with Gasteiger partial charge in [0.25, 0.3) is 0 Å². The average molecular weight is 258 g/mol. The maximum absolute atomic E-state index is 12.1. The van der Waals surface area contributed by atoms with Crippen LogP contribution in [0.1, 0.15) is 41.5 Å². The lowest BCUT2D eigenvalue weighted by molar-refractivity contribution is -0.146. The maximum atomic E-state index is 12.1. The van der Waals surface area contributed by atoms with Crippen molar-refractivity contribution in [2.45, 2.75) is 53.9 Å². The first-order chi connectivity index (χ1) is 6.90. The van der Waals surface area contributed by atoms with Gasteiger partial charge in [0.2, 0.25) is 0 Å². The van der Waals surface area contributed by atoms with Crippen LogP contribution in [-0.4, -0.2) is 36.5 Å². The fourth-order valence-corrected chi connectivity index (χ4v) is 0.469. The van der Waals surface area contributed by atoms with E-state index in [0.29, 0.717) is 0 Å². The molecule has 6 heteroatoms. The Balaban J connectivity index is -0.0000000896. The van der Waals surface area contributed by atoms with Crippen LogP contribution in [0.25, 0.3) is 0 Å². The molecule has 0 fully saturated rings. The van der Waals surface area contributed by atoms with E-state index in [1.54, 1.807) is 6.92 Å². The van der Waals surface area contributed by atoms with Crippen LogP contribution in [0.5, 0.6) is 0 Å². The van der Waals surface area contributed by atoms with E-state index in [9.17, 15) is 18.4 Å². The molecule has 0 rings (SSSR count). The van der Waals surface area contributed by atoms with Gasteiger partial charge in [0.15, 0.2) is 12.3 Å². The number of halogens is 2. The lowest BCUT2D eigenvalue weighted by Crippen LogP contribution is -2.15. The summed E-state index contributed by atoms with van der Waals surface area (Å²) in [6.45, 7) is 3.07. The highest BCUT2D eigenvalue weighted by atomic mass is 19.1. The number of carboxylic acids is 1. The molecule has 0 radical (unpaired) electrons. The highest BCUT2D eigenvalue weighted by Gasteiger charge is 2.13. The van der Waals surface area contributed by atoms with Gasteiger partial charge in [-0.3, -0.25) is 0 Å². The third-order valence-corrected chi connectivity index (χ3v) is 1.44. The van der Waals surface area contributed by atoms with Crippen LogP contribution in [0, 0.1) is 0 Å². The van der Waals surface area contributed by atoms with E-state index < -0.39 is 24.3 Å². The molecule has 0 aromatic heterocycles. The Kier molecular flexibility index (Phi) is 21.6. The fourth-order valence-electron chi connectivity index (χ4n) is 0.469. The van der Waals surface area contributed by atoms with Crippen molar-refractivity contribution in [3.63, 3.8) is 0 Å². The first kappa shape index (κ1) is 24.9. The quantitative estimate of drug-likeness (QED) is 0.787. The lowest BCUT2D eigenvalue weighted by atomic mass is 10.3. The fraction of sp³-hybridized carbons (Fsp3) is 0.818. The Morgan fingerprint density at radius 3 is 1.53 bits per heavy atom. The maximum Gasteiger partial charge on any atom is 0.340 e. The molecule has 0 amide bonds. The van der Waals surface area contributed by atoms with Crippen molar-refractivity contribution in [1.82, 2.24) is 0 Å². The van der Waals surface area contributed by atoms with Crippen LogP contribution in [0.3, 0.4) is 0 Å². The highest BCUT2D eigenvalue weighted by molar-refractivity contribution is 5.74. The molecule has 0 aromatic carbocycles. The summed E-state index contributed by atoms with van der Waals surface area (Å²) in [5.74, 6) is -2.16. The van der Waals surface area contributed by atoms with Gasteiger partial charge in [0.05, 0.1) is 7.11 Å². The highest BCUT2D eigenvalue weighted by Crippen LogP contribution is 1.97. The van der Waals surface area contributed by atoms with Gasteiger partial charge in [-0.25, -0.2) is 18.4 Å².